The molecule has 1 saturated heterocycles. The Morgan fingerprint density at radius 3 is 2.41 bits per heavy atom. The zero-order valence-corrected chi connectivity index (χ0v) is 16.4. The van der Waals surface area contributed by atoms with Gasteiger partial charge in [-0.1, -0.05) is 23.8 Å². The lowest BCUT2D eigenvalue weighted by atomic mass is 9.97. The third-order valence-electron chi connectivity index (χ3n) is 4.97. The van der Waals surface area contributed by atoms with E-state index in [1.165, 1.54) is 4.31 Å². The number of sulfonamides is 1. The predicted octanol–water partition coefficient (Wildman–Crippen LogP) is 2.67. The molecule has 1 atom stereocenters. The van der Waals surface area contributed by atoms with E-state index in [1.807, 2.05) is 32.0 Å². The van der Waals surface area contributed by atoms with Gasteiger partial charge in [-0.3, -0.25) is 9.78 Å². The summed E-state index contributed by atoms with van der Waals surface area (Å²) >= 11 is 0. The minimum Gasteiger partial charge on any atom is -0.348 e. The molecule has 1 unspecified atom stereocenters. The number of hydrogen-bond donors (Lipinski definition) is 1. The Morgan fingerprint density at radius 1 is 1.15 bits per heavy atom. The molecule has 27 heavy (non-hydrogen) atoms. The van der Waals surface area contributed by atoms with E-state index in [0.29, 0.717) is 30.8 Å². The molecule has 0 radical (unpaired) electrons. The fourth-order valence-electron chi connectivity index (χ4n) is 3.25. The molecule has 1 aromatic heterocycles. The van der Waals surface area contributed by atoms with Crippen LogP contribution < -0.4 is 5.32 Å². The summed E-state index contributed by atoms with van der Waals surface area (Å²) in [4.78, 5) is 17.1. The first-order chi connectivity index (χ1) is 12.9. The molecule has 2 aromatic rings. The average Bonchev–Trinajstić information content (AvgIpc) is 2.69. The number of piperidine rings is 1. The highest BCUT2D eigenvalue weighted by molar-refractivity contribution is 7.89. The summed E-state index contributed by atoms with van der Waals surface area (Å²) in [7, 11) is -3.50. The summed E-state index contributed by atoms with van der Waals surface area (Å²) in [5.41, 5.74) is 1.83. The quantitative estimate of drug-likeness (QED) is 0.855. The number of carbonyl (C=O) groups excluding carboxylic acids is 1. The van der Waals surface area contributed by atoms with Gasteiger partial charge in [-0.15, -0.1) is 0 Å². The van der Waals surface area contributed by atoms with Gasteiger partial charge in [0.05, 0.1) is 16.6 Å². The standard InChI is InChI=1S/C20H25N3O3S/c1-15-6-8-18(9-7-15)27(25,26)23-13-10-17(11-14-23)20(24)22-16(2)19-5-3-4-12-21-19/h3-9,12,16-17H,10-11,13-14H2,1-2H3,(H,22,24). The number of nitrogens with one attached hydrogen (secondary N) is 1. The van der Waals surface area contributed by atoms with Gasteiger partial charge in [-0.25, -0.2) is 8.42 Å². The van der Waals surface area contributed by atoms with E-state index in [9.17, 15) is 13.2 Å². The lowest BCUT2D eigenvalue weighted by Gasteiger charge is -2.31. The van der Waals surface area contributed by atoms with Crippen LogP contribution in [0.4, 0.5) is 0 Å². The highest BCUT2D eigenvalue weighted by Gasteiger charge is 2.32. The minimum atomic E-state index is -3.50. The Hall–Kier alpha value is -2.25. The largest absolute Gasteiger partial charge is 0.348 e. The van der Waals surface area contributed by atoms with Crippen molar-refractivity contribution >= 4 is 15.9 Å². The molecular weight excluding hydrogens is 362 g/mol. The van der Waals surface area contributed by atoms with Crippen LogP contribution in [0.5, 0.6) is 0 Å². The number of carbonyl (C=O) groups is 1. The molecule has 1 aliphatic rings. The maximum absolute atomic E-state index is 12.8. The van der Waals surface area contributed by atoms with Crippen LogP contribution in [-0.2, 0) is 14.8 Å². The first kappa shape index (κ1) is 19.5. The van der Waals surface area contributed by atoms with E-state index in [0.717, 1.165) is 11.3 Å². The predicted molar refractivity (Wildman–Crippen MR) is 103 cm³/mol. The molecule has 0 saturated carbocycles. The molecule has 0 bridgehead atoms. The zero-order chi connectivity index (χ0) is 19.4. The number of amides is 1. The van der Waals surface area contributed by atoms with Crippen LogP contribution in [0.3, 0.4) is 0 Å². The third-order valence-corrected chi connectivity index (χ3v) is 6.89. The van der Waals surface area contributed by atoms with Crippen LogP contribution in [0.2, 0.25) is 0 Å². The maximum Gasteiger partial charge on any atom is 0.243 e. The first-order valence-electron chi connectivity index (χ1n) is 9.16. The van der Waals surface area contributed by atoms with Crippen molar-refractivity contribution in [2.75, 3.05) is 13.1 Å². The van der Waals surface area contributed by atoms with E-state index in [2.05, 4.69) is 10.3 Å². The van der Waals surface area contributed by atoms with Crippen molar-refractivity contribution in [1.82, 2.24) is 14.6 Å². The van der Waals surface area contributed by atoms with Gasteiger partial charge >= 0.3 is 0 Å². The second kappa shape index (κ2) is 8.19. The van der Waals surface area contributed by atoms with Gasteiger partial charge in [0.25, 0.3) is 0 Å². The summed E-state index contributed by atoms with van der Waals surface area (Å²) in [5, 5.41) is 2.99. The molecule has 2 heterocycles. The second-order valence-corrected chi connectivity index (χ2v) is 8.91. The van der Waals surface area contributed by atoms with Crippen molar-refractivity contribution < 1.29 is 13.2 Å². The molecule has 1 amide bonds. The summed E-state index contributed by atoms with van der Waals surface area (Å²) < 4.78 is 27.0. The Labute approximate surface area is 160 Å². The fourth-order valence-corrected chi connectivity index (χ4v) is 4.72. The van der Waals surface area contributed by atoms with Crippen molar-refractivity contribution in [3.8, 4) is 0 Å². The number of aryl methyl sites for hydroxylation is 1. The SMILES string of the molecule is Cc1ccc(S(=O)(=O)N2CCC(C(=O)NC(C)c3ccccn3)CC2)cc1. The Bertz CT molecular complexity index is 874. The van der Waals surface area contributed by atoms with Crippen molar-refractivity contribution in [2.45, 2.75) is 37.6 Å². The molecule has 1 fully saturated rings. The molecule has 1 aliphatic heterocycles. The number of nitrogens with zero attached hydrogens (tertiary/aromatic N) is 2. The van der Waals surface area contributed by atoms with Crippen molar-refractivity contribution in [1.29, 1.82) is 0 Å². The first-order valence-corrected chi connectivity index (χ1v) is 10.6. The molecule has 0 spiro atoms. The smallest absolute Gasteiger partial charge is 0.243 e. The van der Waals surface area contributed by atoms with Crippen molar-refractivity contribution in [3.05, 3.63) is 59.9 Å². The Morgan fingerprint density at radius 2 is 1.81 bits per heavy atom. The molecule has 1 N–H and O–H groups in total. The van der Waals surface area contributed by atoms with Crippen molar-refractivity contribution in [3.63, 3.8) is 0 Å². The maximum atomic E-state index is 12.8. The van der Waals surface area contributed by atoms with Crippen LogP contribution in [0.1, 0.15) is 37.1 Å². The summed E-state index contributed by atoms with van der Waals surface area (Å²) in [6.45, 7) is 4.53. The molecular formula is C20H25N3O3S. The topological polar surface area (TPSA) is 79.4 Å². The molecule has 0 aliphatic carbocycles. The second-order valence-electron chi connectivity index (χ2n) is 6.98. The van der Waals surface area contributed by atoms with Gasteiger partial charge in [0.15, 0.2) is 0 Å². The van der Waals surface area contributed by atoms with Gasteiger partial charge in [0, 0.05) is 25.2 Å². The Balaban J connectivity index is 1.58. The number of hydrogen-bond acceptors (Lipinski definition) is 4. The van der Waals surface area contributed by atoms with Crippen LogP contribution in [-0.4, -0.2) is 36.7 Å². The Kier molecular flexibility index (Phi) is 5.92. The van der Waals surface area contributed by atoms with E-state index in [-0.39, 0.29) is 17.9 Å². The molecule has 1 aromatic carbocycles. The van der Waals surface area contributed by atoms with Crippen molar-refractivity contribution in [2.24, 2.45) is 5.92 Å². The third kappa shape index (κ3) is 4.54. The minimum absolute atomic E-state index is 0.0412. The lowest BCUT2D eigenvalue weighted by Crippen LogP contribution is -2.43. The van der Waals surface area contributed by atoms with Gasteiger partial charge in [-0.2, -0.15) is 4.31 Å². The van der Waals surface area contributed by atoms with E-state index in [1.54, 1.807) is 30.5 Å². The van der Waals surface area contributed by atoms with Gasteiger partial charge in [0.1, 0.15) is 0 Å². The number of rotatable bonds is 5. The normalized spacial score (nSPS) is 17.4. The summed E-state index contributed by atoms with van der Waals surface area (Å²) in [6, 6.07) is 12.3. The zero-order valence-electron chi connectivity index (χ0n) is 15.6. The van der Waals surface area contributed by atoms with Gasteiger partial charge < -0.3 is 5.32 Å². The average molecular weight is 388 g/mol. The fraction of sp³-hybridized carbons (Fsp3) is 0.400. The van der Waals surface area contributed by atoms with E-state index >= 15 is 0 Å². The number of pyridine rings is 1. The molecule has 144 valence electrons. The monoisotopic (exact) mass is 387 g/mol. The number of aromatic nitrogens is 1. The van der Waals surface area contributed by atoms with Crippen LogP contribution in [0, 0.1) is 12.8 Å². The number of benzene rings is 1. The summed E-state index contributed by atoms with van der Waals surface area (Å²) in [5.74, 6) is -0.221. The summed E-state index contributed by atoms with van der Waals surface area (Å²) in [6.07, 6.45) is 2.74. The van der Waals surface area contributed by atoms with Crippen LogP contribution in [0.25, 0.3) is 0 Å². The van der Waals surface area contributed by atoms with Gasteiger partial charge in [-0.05, 0) is 51.0 Å². The van der Waals surface area contributed by atoms with Gasteiger partial charge in [0.2, 0.25) is 15.9 Å². The van der Waals surface area contributed by atoms with Crippen LogP contribution in [0.15, 0.2) is 53.6 Å². The van der Waals surface area contributed by atoms with E-state index < -0.39 is 10.0 Å². The highest BCUT2D eigenvalue weighted by atomic mass is 32.2. The van der Waals surface area contributed by atoms with Crippen LogP contribution >= 0.6 is 0 Å². The van der Waals surface area contributed by atoms with E-state index in [4.69, 9.17) is 0 Å². The molecule has 3 rings (SSSR count). The lowest BCUT2D eigenvalue weighted by molar-refractivity contribution is -0.126. The molecule has 6 nitrogen and oxygen atoms in total. The highest BCUT2D eigenvalue weighted by Crippen LogP contribution is 2.25. The molecule has 7 heteroatoms.